The first kappa shape index (κ1) is 39.1. The van der Waals surface area contributed by atoms with Gasteiger partial charge < -0.3 is 0 Å². The Morgan fingerprint density at radius 3 is 2.60 bits per heavy atom. The molecule has 52 heavy (non-hydrogen) atoms. The van der Waals surface area contributed by atoms with Gasteiger partial charge in [-0.1, -0.05) is 0 Å². The number of benzene rings is 2. The summed E-state index contributed by atoms with van der Waals surface area (Å²) in [6.07, 6.45) is 13.2. The van der Waals surface area contributed by atoms with Crippen LogP contribution in [-0.4, -0.2) is 73.1 Å². The fraction of sp³-hybridized carbons (Fsp3) is 0.351. The molecule has 15 heteroatoms. The second kappa shape index (κ2) is 16.3. The Bertz CT molecular complexity index is 2180. The Morgan fingerprint density at radius 2 is 1.88 bits per heavy atom. The molecule has 0 saturated carbocycles. The number of aryl methyl sites for hydroxylation is 1. The van der Waals surface area contributed by atoms with Crippen LogP contribution in [0, 0.1) is 12.3 Å². The number of imide groups is 1. The van der Waals surface area contributed by atoms with Gasteiger partial charge >= 0.3 is 245 Å². The van der Waals surface area contributed by atoms with Gasteiger partial charge in [0.05, 0.1) is 5.75 Å². The zero-order valence-electron chi connectivity index (χ0n) is 29.4. The number of nitrogens with zero attached hydrogens (tertiary/aromatic N) is 2. The van der Waals surface area contributed by atoms with E-state index in [0.717, 1.165) is 49.6 Å². The molecule has 1 atom stereocenters. The van der Waals surface area contributed by atoms with Gasteiger partial charge in [0.1, 0.15) is 0 Å². The summed E-state index contributed by atoms with van der Waals surface area (Å²) in [7, 11) is -5.28. The first-order valence-electron chi connectivity index (χ1n) is 16.6. The van der Waals surface area contributed by atoms with Crippen molar-refractivity contribution in [2.24, 2.45) is 5.41 Å². The van der Waals surface area contributed by atoms with E-state index in [4.69, 9.17) is 14.4 Å². The van der Waals surface area contributed by atoms with Crippen LogP contribution in [0.5, 0.6) is 5.75 Å². The minimum atomic E-state index is -4.07. The van der Waals surface area contributed by atoms with Crippen molar-refractivity contribution in [3.05, 3.63) is 87.9 Å². The zero-order valence-corrected chi connectivity index (χ0v) is 32.7. The number of hydrogen-bond donors (Lipinski definition) is 3. The van der Waals surface area contributed by atoms with E-state index in [-0.39, 0.29) is 38.6 Å². The van der Waals surface area contributed by atoms with Crippen LogP contribution in [0.4, 0.5) is 5.69 Å². The van der Waals surface area contributed by atoms with Gasteiger partial charge in [0.2, 0.25) is 0 Å². The van der Waals surface area contributed by atoms with Gasteiger partial charge in [0, 0.05) is 22.0 Å². The van der Waals surface area contributed by atoms with E-state index in [9.17, 15) is 27.0 Å². The van der Waals surface area contributed by atoms with Crippen LogP contribution < -0.4 is 19.5 Å². The molecule has 276 valence electrons. The SMILES string of the molecule is Cc1ccc2[se]c(/C=C3C=C(/C=C/C=C4\Oc5ccc(S(C)=O)cc5N4CCCCS(=O)(=O)O)CC(C)(C)C/3)[n+](CC(=O)NC(=O)CC(=O)O)c2c1. The van der Waals surface area contributed by atoms with Gasteiger partial charge in [0.25, 0.3) is 10.1 Å². The summed E-state index contributed by atoms with van der Waals surface area (Å²) in [5.74, 6) is -1.94. The van der Waals surface area contributed by atoms with Crippen molar-refractivity contribution in [1.29, 1.82) is 0 Å². The van der Waals surface area contributed by atoms with Crippen molar-refractivity contribution in [1.82, 2.24) is 5.32 Å². The van der Waals surface area contributed by atoms with Crippen LogP contribution in [0.15, 0.2) is 82.6 Å². The Kier molecular flexibility index (Phi) is 12.2. The van der Waals surface area contributed by atoms with Crippen LogP contribution in [0.3, 0.4) is 0 Å². The van der Waals surface area contributed by atoms with Crippen molar-refractivity contribution in [3.8, 4) is 5.75 Å². The first-order chi connectivity index (χ1) is 24.5. The normalized spacial score (nSPS) is 17.7. The number of carbonyl (C=O) groups is 3. The van der Waals surface area contributed by atoms with Crippen LogP contribution >= 0.6 is 0 Å². The number of carboxylic acid groups (broad SMARTS) is 1. The molecule has 2 amide bonds. The number of nitrogens with one attached hydrogen (secondary N) is 1. The molecule has 1 aliphatic heterocycles. The van der Waals surface area contributed by atoms with Gasteiger partial charge in [-0.05, 0) is 12.5 Å². The number of unbranched alkanes of at least 4 members (excludes halogenated alkanes) is 1. The van der Waals surface area contributed by atoms with Crippen molar-refractivity contribution >= 4 is 74.7 Å². The maximum atomic E-state index is 12.9. The summed E-state index contributed by atoms with van der Waals surface area (Å²) in [6, 6.07) is 11.4. The standard InChI is InChI=1S/C37H41N3O9S2Se/c1-24-10-13-31-29(16-24)40(23-33(42)38-32(41)20-36(43)44)35(52-31)18-26-17-25(21-37(2,3)22-26)8-7-9-34-39(14-5-6-15-51(46,47)48)28-19-27(50(4)45)11-12-30(28)49-34/h7-13,16-19H,5-6,14-15,20-23H2,1-4H3,(H2-,38,41,42,43,44,46,47,48)/p+1. The van der Waals surface area contributed by atoms with E-state index in [0.29, 0.717) is 29.5 Å². The average molecular weight is 816 g/mol. The van der Waals surface area contributed by atoms with Crippen LogP contribution in [0.2, 0.25) is 0 Å². The molecule has 0 saturated heterocycles. The number of allylic oxidation sites excluding steroid dienone is 6. The Labute approximate surface area is 311 Å². The Balaban J connectivity index is 1.42. The Morgan fingerprint density at radius 1 is 1.12 bits per heavy atom. The number of carboxylic acids is 1. The summed E-state index contributed by atoms with van der Waals surface area (Å²) >= 11 is -0.110. The molecule has 1 unspecified atom stereocenters. The fourth-order valence-corrected chi connectivity index (χ4v) is 9.74. The molecular formula is C37H42N3O9S2Se+. The fourth-order valence-electron chi connectivity index (χ4n) is 6.29. The van der Waals surface area contributed by atoms with E-state index in [1.165, 1.54) is 0 Å². The Hall–Kier alpha value is -4.14. The summed E-state index contributed by atoms with van der Waals surface area (Å²) < 4.78 is 54.0. The number of hydrogen-bond acceptors (Lipinski definition) is 8. The average Bonchev–Trinajstić information content (AvgIpc) is 3.53. The number of aliphatic carboxylic acids is 1. The number of aromatic nitrogens is 1. The molecule has 0 bridgehead atoms. The number of fused-ring (bicyclic) bond motifs is 2. The third-order valence-electron chi connectivity index (χ3n) is 8.44. The van der Waals surface area contributed by atoms with Gasteiger partial charge in [-0.15, -0.1) is 0 Å². The van der Waals surface area contributed by atoms with E-state index in [1.807, 2.05) is 52.8 Å². The molecule has 2 heterocycles. The van der Waals surface area contributed by atoms with Gasteiger partial charge in [-0.2, -0.15) is 8.42 Å². The van der Waals surface area contributed by atoms with Crippen molar-refractivity contribution in [3.63, 3.8) is 0 Å². The first-order valence-corrected chi connectivity index (χ1v) is 21.5. The molecule has 1 aromatic heterocycles. The molecule has 5 rings (SSSR count). The van der Waals surface area contributed by atoms with Crippen LogP contribution in [-0.2, 0) is 41.8 Å². The van der Waals surface area contributed by atoms with Crippen molar-refractivity contribution < 1.29 is 46.0 Å². The number of carbonyl (C=O) groups excluding carboxylic acids is 2. The third kappa shape index (κ3) is 10.5. The van der Waals surface area contributed by atoms with E-state index in [2.05, 4.69) is 37.4 Å². The quantitative estimate of drug-likeness (QED) is 0.0737. The summed E-state index contributed by atoms with van der Waals surface area (Å²) in [5.41, 5.74) is 4.76. The molecule has 2 aromatic carbocycles. The zero-order chi connectivity index (χ0) is 37.8. The molecule has 2 aliphatic rings. The molecule has 12 nitrogen and oxygen atoms in total. The van der Waals surface area contributed by atoms with Gasteiger partial charge in [0.15, 0.2) is 0 Å². The number of anilines is 1. The molecule has 3 N–H and O–H groups in total. The van der Waals surface area contributed by atoms with Gasteiger partial charge in [-0.3, -0.25) is 8.76 Å². The topological polar surface area (TPSA) is 171 Å². The molecule has 0 radical (unpaired) electrons. The molecule has 1 aliphatic carbocycles. The second-order valence-electron chi connectivity index (χ2n) is 13.7. The molecular weight excluding hydrogens is 774 g/mol. The molecule has 3 aromatic rings. The molecule has 0 spiro atoms. The minimum absolute atomic E-state index is 0.0696. The predicted molar refractivity (Wildman–Crippen MR) is 200 cm³/mol. The van der Waals surface area contributed by atoms with Crippen LogP contribution in [0.1, 0.15) is 56.1 Å². The summed E-state index contributed by atoms with van der Waals surface area (Å²) in [5, 5.41) is 11.1. The second-order valence-corrected chi connectivity index (χ2v) is 18.9. The number of rotatable bonds is 13. The summed E-state index contributed by atoms with van der Waals surface area (Å²) in [6.45, 7) is 6.67. The van der Waals surface area contributed by atoms with Crippen molar-refractivity contribution in [2.75, 3.05) is 23.5 Å². The van der Waals surface area contributed by atoms with E-state index >= 15 is 0 Å². The van der Waals surface area contributed by atoms with E-state index in [1.54, 1.807) is 18.4 Å². The summed E-state index contributed by atoms with van der Waals surface area (Å²) in [4.78, 5) is 38.4. The third-order valence-corrected chi connectivity index (χ3v) is 12.5. The maximum absolute atomic E-state index is 12.9. The number of amides is 2. The van der Waals surface area contributed by atoms with E-state index < -0.39 is 45.1 Å². The molecule has 0 fully saturated rings. The van der Waals surface area contributed by atoms with Gasteiger partial charge in [-0.25, -0.2) is 0 Å². The monoisotopic (exact) mass is 816 g/mol. The van der Waals surface area contributed by atoms with Crippen LogP contribution in [0.25, 0.3) is 15.9 Å². The predicted octanol–water partition coefficient (Wildman–Crippen LogP) is 4.44. The van der Waals surface area contributed by atoms with Crippen molar-refractivity contribution in [2.45, 2.75) is 64.3 Å². The number of ether oxygens (including phenoxy) is 1.